The summed E-state index contributed by atoms with van der Waals surface area (Å²) in [7, 11) is 0. The van der Waals surface area contributed by atoms with Crippen molar-refractivity contribution in [1.82, 2.24) is 5.48 Å². The van der Waals surface area contributed by atoms with Crippen LogP contribution in [0, 0.1) is 0 Å². The molecule has 0 radical (unpaired) electrons. The smallest absolute Gasteiger partial charge is 0.0351 e. The van der Waals surface area contributed by atoms with Crippen LogP contribution >= 0.6 is 0 Å². The van der Waals surface area contributed by atoms with Gasteiger partial charge in [0.2, 0.25) is 0 Å². The van der Waals surface area contributed by atoms with Gasteiger partial charge in [0.1, 0.15) is 0 Å². The average Bonchev–Trinajstić information content (AvgIpc) is 2.06. The molecule has 0 saturated heterocycles. The van der Waals surface area contributed by atoms with Gasteiger partial charge in [-0.25, -0.2) is 0 Å². The summed E-state index contributed by atoms with van der Waals surface area (Å²) in [5.41, 5.74) is 3.88. The number of hydrogen-bond acceptors (Lipinski definition) is 2. The molecule has 2 nitrogen and oxygen atoms in total. The summed E-state index contributed by atoms with van der Waals surface area (Å²) in [5, 5.41) is 8.48. The molecule has 1 aromatic rings. The van der Waals surface area contributed by atoms with Crippen molar-refractivity contribution in [2.24, 2.45) is 0 Å². The van der Waals surface area contributed by atoms with E-state index >= 15 is 0 Å². The minimum atomic E-state index is 0.733. The van der Waals surface area contributed by atoms with Gasteiger partial charge < -0.3 is 0 Å². The standard InChI is InChI=1S/C9H11NO/c1-8(10-11)7-9-5-3-2-4-6-9/h2-7,10-11H,1H3. The second-order valence-electron chi connectivity index (χ2n) is 2.35. The van der Waals surface area contributed by atoms with Gasteiger partial charge in [0.25, 0.3) is 0 Å². The summed E-state index contributed by atoms with van der Waals surface area (Å²) in [5.74, 6) is 0. The van der Waals surface area contributed by atoms with E-state index in [0.717, 1.165) is 11.3 Å². The van der Waals surface area contributed by atoms with Crippen molar-refractivity contribution in [1.29, 1.82) is 0 Å². The Morgan fingerprint density at radius 3 is 2.55 bits per heavy atom. The van der Waals surface area contributed by atoms with Crippen LogP contribution in [0.3, 0.4) is 0 Å². The first-order chi connectivity index (χ1) is 5.33. The first-order valence-electron chi connectivity index (χ1n) is 3.46. The molecular formula is C9H11NO. The zero-order chi connectivity index (χ0) is 8.10. The molecule has 0 atom stereocenters. The van der Waals surface area contributed by atoms with Gasteiger partial charge in [-0.1, -0.05) is 30.3 Å². The Labute approximate surface area is 66.1 Å². The maximum atomic E-state index is 8.48. The summed E-state index contributed by atoms with van der Waals surface area (Å²) < 4.78 is 0. The van der Waals surface area contributed by atoms with Gasteiger partial charge in [0.15, 0.2) is 0 Å². The van der Waals surface area contributed by atoms with Crippen molar-refractivity contribution in [3.05, 3.63) is 41.6 Å². The molecule has 0 bridgehead atoms. The van der Waals surface area contributed by atoms with Gasteiger partial charge in [-0.15, -0.1) is 0 Å². The van der Waals surface area contributed by atoms with Crippen molar-refractivity contribution in [2.45, 2.75) is 6.92 Å². The van der Waals surface area contributed by atoms with Crippen LogP contribution in [0.1, 0.15) is 12.5 Å². The van der Waals surface area contributed by atoms with Crippen LogP contribution in [-0.2, 0) is 0 Å². The van der Waals surface area contributed by atoms with E-state index in [0.29, 0.717) is 0 Å². The second kappa shape index (κ2) is 3.78. The van der Waals surface area contributed by atoms with E-state index in [1.807, 2.05) is 36.4 Å². The quantitative estimate of drug-likeness (QED) is 0.630. The van der Waals surface area contributed by atoms with Gasteiger partial charge in [-0.05, 0) is 18.6 Å². The third kappa shape index (κ3) is 2.43. The summed E-state index contributed by atoms with van der Waals surface area (Å²) in [6.07, 6.45) is 1.86. The van der Waals surface area contributed by atoms with Gasteiger partial charge >= 0.3 is 0 Å². The maximum Gasteiger partial charge on any atom is 0.0351 e. The van der Waals surface area contributed by atoms with Crippen LogP contribution < -0.4 is 5.48 Å². The molecule has 0 amide bonds. The third-order valence-electron chi connectivity index (χ3n) is 1.36. The van der Waals surface area contributed by atoms with Crippen LogP contribution in [0.4, 0.5) is 0 Å². The highest BCUT2D eigenvalue weighted by atomic mass is 16.5. The topological polar surface area (TPSA) is 32.3 Å². The zero-order valence-electron chi connectivity index (χ0n) is 6.41. The lowest BCUT2D eigenvalue weighted by Crippen LogP contribution is -2.01. The van der Waals surface area contributed by atoms with Gasteiger partial charge in [0.05, 0.1) is 0 Å². The van der Waals surface area contributed by atoms with Gasteiger partial charge in [-0.3, -0.25) is 10.7 Å². The van der Waals surface area contributed by atoms with E-state index in [2.05, 4.69) is 5.48 Å². The fourth-order valence-electron chi connectivity index (χ4n) is 0.832. The summed E-state index contributed by atoms with van der Waals surface area (Å²) in [4.78, 5) is 0. The maximum absolute atomic E-state index is 8.48. The van der Waals surface area contributed by atoms with Crippen LogP contribution in [0.25, 0.3) is 6.08 Å². The Kier molecular flexibility index (Phi) is 2.69. The Hall–Kier alpha value is -1.28. The predicted octanol–water partition coefficient (Wildman–Crippen LogP) is 2.03. The summed E-state index contributed by atoms with van der Waals surface area (Å²) >= 11 is 0. The van der Waals surface area contributed by atoms with E-state index in [9.17, 15) is 0 Å². The lowest BCUT2D eigenvalue weighted by atomic mass is 10.2. The van der Waals surface area contributed by atoms with Crippen LogP contribution in [0.15, 0.2) is 36.0 Å². The SMILES string of the molecule is CC(=Cc1ccccc1)NO. The van der Waals surface area contributed by atoms with Crippen molar-refractivity contribution in [3.8, 4) is 0 Å². The molecular weight excluding hydrogens is 138 g/mol. The number of nitrogens with one attached hydrogen (secondary N) is 1. The van der Waals surface area contributed by atoms with Gasteiger partial charge in [0, 0.05) is 5.70 Å². The molecule has 58 valence electrons. The highest BCUT2D eigenvalue weighted by molar-refractivity contribution is 5.51. The fraction of sp³-hybridized carbons (Fsp3) is 0.111. The molecule has 0 aliphatic heterocycles. The van der Waals surface area contributed by atoms with E-state index in [1.54, 1.807) is 6.92 Å². The Morgan fingerprint density at radius 2 is 2.00 bits per heavy atom. The normalized spacial score (nSPS) is 11.3. The van der Waals surface area contributed by atoms with Crippen molar-refractivity contribution in [3.63, 3.8) is 0 Å². The molecule has 11 heavy (non-hydrogen) atoms. The largest absolute Gasteiger partial charge is 0.291 e. The van der Waals surface area contributed by atoms with Crippen molar-refractivity contribution >= 4 is 6.08 Å². The number of benzene rings is 1. The Morgan fingerprint density at radius 1 is 1.36 bits per heavy atom. The summed E-state index contributed by atoms with van der Waals surface area (Å²) in [6, 6.07) is 9.81. The highest BCUT2D eigenvalue weighted by Crippen LogP contribution is 2.02. The Bertz CT molecular complexity index is 241. The summed E-state index contributed by atoms with van der Waals surface area (Å²) in [6.45, 7) is 1.80. The highest BCUT2D eigenvalue weighted by Gasteiger charge is 1.85. The first-order valence-corrected chi connectivity index (χ1v) is 3.46. The minimum Gasteiger partial charge on any atom is -0.291 e. The molecule has 0 saturated carbocycles. The molecule has 0 unspecified atom stereocenters. The van der Waals surface area contributed by atoms with E-state index in [1.165, 1.54) is 0 Å². The number of hydrogen-bond donors (Lipinski definition) is 2. The lowest BCUT2D eigenvalue weighted by molar-refractivity contribution is 0.202. The predicted molar refractivity (Wildman–Crippen MR) is 45.0 cm³/mol. The molecule has 2 N–H and O–H groups in total. The number of hydroxylamine groups is 1. The molecule has 0 fully saturated rings. The molecule has 2 heteroatoms. The molecule has 0 spiro atoms. The van der Waals surface area contributed by atoms with Crippen molar-refractivity contribution < 1.29 is 5.21 Å². The van der Waals surface area contributed by atoms with Crippen LogP contribution in [0.5, 0.6) is 0 Å². The molecule has 1 rings (SSSR count). The van der Waals surface area contributed by atoms with Gasteiger partial charge in [-0.2, -0.15) is 0 Å². The molecule has 0 heterocycles. The van der Waals surface area contributed by atoms with Crippen LogP contribution in [-0.4, -0.2) is 5.21 Å². The average molecular weight is 149 g/mol. The lowest BCUT2D eigenvalue weighted by Gasteiger charge is -1.96. The van der Waals surface area contributed by atoms with E-state index in [-0.39, 0.29) is 0 Å². The molecule has 1 aromatic carbocycles. The molecule has 0 aliphatic carbocycles. The monoisotopic (exact) mass is 149 g/mol. The number of allylic oxidation sites excluding steroid dienone is 1. The zero-order valence-corrected chi connectivity index (χ0v) is 6.41. The fourth-order valence-corrected chi connectivity index (χ4v) is 0.832. The minimum absolute atomic E-state index is 0.733. The van der Waals surface area contributed by atoms with Crippen LogP contribution in [0.2, 0.25) is 0 Å². The van der Waals surface area contributed by atoms with E-state index in [4.69, 9.17) is 5.21 Å². The van der Waals surface area contributed by atoms with E-state index < -0.39 is 0 Å². The third-order valence-corrected chi connectivity index (χ3v) is 1.36. The second-order valence-corrected chi connectivity index (χ2v) is 2.35. The first kappa shape index (κ1) is 7.82. The number of rotatable bonds is 2. The molecule has 0 aromatic heterocycles. The molecule has 0 aliphatic rings. The Balaban J connectivity index is 2.79. The van der Waals surface area contributed by atoms with Crippen molar-refractivity contribution in [2.75, 3.05) is 0 Å².